The van der Waals surface area contributed by atoms with Crippen molar-refractivity contribution in [1.82, 2.24) is 0 Å². The third-order valence-corrected chi connectivity index (χ3v) is 3.62. The van der Waals surface area contributed by atoms with E-state index < -0.39 is 11.6 Å². The van der Waals surface area contributed by atoms with E-state index in [1.807, 2.05) is 20.8 Å². The number of hydrogen-bond donors (Lipinski definition) is 1. The Morgan fingerprint density at radius 1 is 1.22 bits per heavy atom. The SMILES string of the molecule is CCC(C)(C)N(C)c1c(F)cc(CCN)cc1F. The average molecular weight is 256 g/mol. The van der Waals surface area contributed by atoms with Gasteiger partial charge in [0.1, 0.15) is 17.3 Å². The first-order chi connectivity index (χ1) is 8.33. The second kappa shape index (κ2) is 5.65. The van der Waals surface area contributed by atoms with Crippen molar-refractivity contribution in [3.63, 3.8) is 0 Å². The maximum absolute atomic E-state index is 14.0. The number of benzene rings is 1. The number of rotatable bonds is 5. The summed E-state index contributed by atoms with van der Waals surface area (Å²) in [4.78, 5) is 1.66. The number of hydrogen-bond acceptors (Lipinski definition) is 2. The van der Waals surface area contributed by atoms with Crippen molar-refractivity contribution in [3.8, 4) is 0 Å². The number of nitrogens with zero attached hydrogens (tertiary/aromatic N) is 1. The van der Waals surface area contributed by atoms with Gasteiger partial charge in [-0.15, -0.1) is 0 Å². The van der Waals surface area contributed by atoms with Crippen LogP contribution in [0.1, 0.15) is 32.8 Å². The van der Waals surface area contributed by atoms with Crippen molar-refractivity contribution < 1.29 is 8.78 Å². The summed E-state index contributed by atoms with van der Waals surface area (Å²) in [7, 11) is 1.72. The van der Waals surface area contributed by atoms with Gasteiger partial charge in [-0.2, -0.15) is 0 Å². The molecule has 0 atom stereocenters. The Bertz CT molecular complexity index is 393. The standard InChI is InChI=1S/C14H22F2N2/c1-5-14(2,3)18(4)13-11(15)8-10(6-7-17)9-12(13)16/h8-9H,5-7,17H2,1-4H3. The Hall–Kier alpha value is -1.16. The van der Waals surface area contributed by atoms with Crippen molar-refractivity contribution >= 4 is 5.69 Å². The Balaban J connectivity index is 3.18. The first-order valence-corrected chi connectivity index (χ1v) is 6.25. The van der Waals surface area contributed by atoms with Gasteiger partial charge in [0.25, 0.3) is 0 Å². The molecular weight excluding hydrogens is 234 g/mol. The normalized spacial score (nSPS) is 11.7. The fraction of sp³-hybridized carbons (Fsp3) is 0.571. The highest BCUT2D eigenvalue weighted by Crippen LogP contribution is 2.30. The monoisotopic (exact) mass is 256 g/mol. The summed E-state index contributed by atoms with van der Waals surface area (Å²) in [6, 6.07) is 2.74. The Labute approximate surface area is 108 Å². The highest BCUT2D eigenvalue weighted by Gasteiger charge is 2.26. The van der Waals surface area contributed by atoms with Crippen LogP contribution in [0.4, 0.5) is 14.5 Å². The predicted octanol–water partition coefficient (Wildman–Crippen LogP) is 3.09. The molecule has 0 unspecified atom stereocenters. The zero-order valence-corrected chi connectivity index (χ0v) is 11.6. The summed E-state index contributed by atoms with van der Waals surface area (Å²) in [6.45, 7) is 6.29. The lowest BCUT2D eigenvalue weighted by atomic mass is 9.98. The van der Waals surface area contributed by atoms with Crippen LogP contribution in [0, 0.1) is 11.6 Å². The molecule has 1 rings (SSSR count). The first kappa shape index (κ1) is 14.9. The average Bonchev–Trinajstić information content (AvgIpc) is 2.28. The molecule has 1 aromatic carbocycles. The summed E-state index contributed by atoms with van der Waals surface area (Å²) < 4.78 is 28.1. The molecule has 0 aliphatic carbocycles. The lowest BCUT2D eigenvalue weighted by Gasteiger charge is -2.37. The molecule has 0 radical (unpaired) electrons. The van der Waals surface area contributed by atoms with Crippen LogP contribution in [0.15, 0.2) is 12.1 Å². The molecule has 0 heterocycles. The second-order valence-electron chi connectivity index (χ2n) is 5.17. The molecule has 0 bridgehead atoms. The van der Waals surface area contributed by atoms with E-state index in [4.69, 9.17) is 5.73 Å². The van der Waals surface area contributed by atoms with E-state index in [1.54, 1.807) is 11.9 Å². The number of nitrogens with two attached hydrogens (primary N) is 1. The molecule has 2 nitrogen and oxygen atoms in total. The fourth-order valence-corrected chi connectivity index (χ4v) is 1.79. The fourth-order valence-electron chi connectivity index (χ4n) is 1.79. The largest absolute Gasteiger partial charge is 0.365 e. The van der Waals surface area contributed by atoms with Crippen LogP contribution < -0.4 is 10.6 Å². The maximum Gasteiger partial charge on any atom is 0.149 e. The molecule has 1 aromatic rings. The first-order valence-electron chi connectivity index (χ1n) is 6.25. The van der Waals surface area contributed by atoms with Gasteiger partial charge in [0, 0.05) is 12.6 Å². The molecule has 0 fully saturated rings. The van der Waals surface area contributed by atoms with Crippen LogP contribution >= 0.6 is 0 Å². The van der Waals surface area contributed by atoms with Gasteiger partial charge < -0.3 is 10.6 Å². The lowest BCUT2D eigenvalue weighted by Crippen LogP contribution is -2.41. The molecule has 2 N–H and O–H groups in total. The predicted molar refractivity (Wildman–Crippen MR) is 71.9 cm³/mol. The van der Waals surface area contributed by atoms with Crippen LogP contribution in [0.2, 0.25) is 0 Å². The smallest absolute Gasteiger partial charge is 0.149 e. The topological polar surface area (TPSA) is 29.3 Å². The number of halogens is 2. The molecule has 0 aliphatic heterocycles. The van der Waals surface area contributed by atoms with Gasteiger partial charge in [0.15, 0.2) is 0 Å². The van der Waals surface area contributed by atoms with Gasteiger partial charge in [-0.05, 0) is 50.9 Å². The Morgan fingerprint density at radius 3 is 2.11 bits per heavy atom. The minimum atomic E-state index is -0.525. The van der Waals surface area contributed by atoms with E-state index >= 15 is 0 Å². The van der Waals surface area contributed by atoms with E-state index in [0.717, 1.165) is 6.42 Å². The molecule has 0 saturated heterocycles. The van der Waals surface area contributed by atoms with E-state index in [0.29, 0.717) is 18.5 Å². The summed E-state index contributed by atoms with van der Waals surface area (Å²) in [5, 5.41) is 0. The van der Waals surface area contributed by atoms with Crippen LogP contribution in [0.5, 0.6) is 0 Å². The minimum absolute atomic E-state index is 0.0302. The van der Waals surface area contributed by atoms with Crippen molar-refractivity contribution in [2.45, 2.75) is 39.2 Å². The third kappa shape index (κ3) is 2.99. The van der Waals surface area contributed by atoms with Crippen molar-refractivity contribution in [1.29, 1.82) is 0 Å². The van der Waals surface area contributed by atoms with E-state index in [2.05, 4.69) is 0 Å². The molecule has 0 aliphatic rings. The summed E-state index contributed by atoms with van der Waals surface area (Å²) >= 11 is 0. The molecule has 102 valence electrons. The van der Waals surface area contributed by atoms with Crippen LogP contribution in [-0.4, -0.2) is 19.1 Å². The lowest BCUT2D eigenvalue weighted by molar-refractivity contribution is 0.451. The van der Waals surface area contributed by atoms with E-state index in [-0.39, 0.29) is 11.2 Å². The van der Waals surface area contributed by atoms with Gasteiger partial charge in [-0.1, -0.05) is 6.92 Å². The van der Waals surface area contributed by atoms with Crippen LogP contribution in [-0.2, 0) is 6.42 Å². The summed E-state index contributed by atoms with van der Waals surface area (Å²) in [5.41, 5.74) is 5.73. The molecule has 4 heteroatoms. The Morgan fingerprint density at radius 2 is 1.72 bits per heavy atom. The van der Waals surface area contributed by atoms with Gasteiger partial charge >= 0.3 is 0 Å². The third-order valence-electron chi connectivity index (χ3n) is 3.62. The second-order valence-corrected chi connectivity index (χ2v) is 5.17. The van der Waals surface area contributed by atoms with Gasteiger partial charge in [0.05, 0.1) is 0 Å². The highest BCUT2D eigenvalue weighted by atomic mass is 19.1. The molecular formula is C14H22F2N2. The zero-order chi connectivity index (χ0) is 13.9. The van der Waals surface area contributed by atoms with Crippen molar-refractivity contribution in [3.05, 3.63) is 29.3 Å². The maximum atomic E-state index is 14.0. The van der Waals surface area contributed by atoms with Crippen LogP contribution in [0.3, 0.4) is 0 Å². The highest BCUT2D eigenvalue weighted by molar-refractivity contribution is 5.52. The van der Waals surface area contributed by atoms with Gasteiger partial charge in [-0.3, -0.25) is 0 Å². The zero-order valence-electron chi connectivity index (χ0n) is 11.6. The molecule has 0 aromatic heterocycles. The summed E-state index contributed by atoms with van der Waals surface area (Å²) in [5.74, 6) is -1.05. The molecule has 0 spiro atoms. The number of anilines is 1. The van der Waals surface area contributed by atoms with Gasteiger partial charge in [-0.25, -0.2) is 8.78 Å². The molecule has 0 saturated carbocycles. The van der Waals surface area contributed by atoms with Crippen molar-refractivity contribution in [2.24, 2.45) is 5.73 Å². The molecule has 18 heavy (non-hydrogen) atoms. The molecule has 0 amide bonds. The summed E-state index contributed by atoms with van der Waals surface area (Å²) in [6.07, 6.45) is 1.28. The minimum Gasteiger partial charge on any atom is -0.365 e. The Kier molecular flexibility index (Phi) is 4.68. The quantitative estimate of drug-likeness (QED) is 0.877. The van der Waals surface area contributed by atoms with Crippen molar-refractivity contribution in [2.75, 3.05) is 18.5 Å². The van der Waals surface area contributed by atoms with Crippen LogP contribution in [0.25, 0.3) is 0 Å². The van der Waals surface area contributed by atoms with E-state index in [9.17, 15) is 8.78 Å². The van der Waals surface area contributed by atoms with Gasteiger partial charge in [0.2, 0.25) is 0 Å². The van der Waals surface area contributed by atoms with E-state index in [1.165, 1.54) is 12.1 Å².